The van der Waals surface area contributed by atoms with Crippen LogP contribution in [0.2, 0.25) is 0 Å². The molecule has 14 N–H and O–H groups in total. The highest BCUT2D eigenvalue weighted by Gasteiger charge is 2.21. The Labute approximate surface area is 508 Å². The Morgan fingerprint density at radius 2 is 0.659 bits per heavy atom. The van der Waals surface area contributed by atoms with E-state index in [1.807, 2.05) is 0 Å². The van der Waals surface area contributed by atoms with E-state index in [1.165, 1.54) is 180 Å². The highest BCUT2D eigenvalue weighted by molar-refractivity contribution is 5.82. The number of nitrogens with zero attached hydrogens (tertiary/aromatic N) is 2. The number of carbonyl (C=O) groups excluding carboxylic acids is 2. The number of allylic oxidation sites excluding steroid dienone is 4. The van der Waals surface area contributed by atoms with Crippen molar-refractivity contribution in [2.75, 3.05) is 118 Å². The summed E-state index contributed by atoms with van der Waals surface area (Å²) in [6.45, 7) is 24.3. The van der Waals surface area contributed by atoms with Gasteiger partial charge in [-0.3, -0.25) is 9.59 Å². The molecule has 0 radical (unpaired) electrons. The van der Waals surface area contributed by atoms with Crippen molar-refractivity contribution in [1.82, 2.24) is 41.7 Å². The molecule has 0 aliphatic rings. The first-order chi connectivity index (χ1) is 40.3. The quantitative estimate of drug-likeness (QED) is 0.0203. The van der Waals surface area contributed by atoms with E-state index in [-0.39, 0.29) is 23.9 Å². The summed E-state index contributed by atoms with van der Waals surface area (Å²) in [5.74, 6) is 0.822. The van der Waals surface area contributed by atoms with Crippen LogP contribution < -0.4 is 54.8 Å². The van der Waals surface area contributed by atoms with E-state index >= 15 is 0 Å². The average molecular weight is 1160 g/mol. The predicted molar refractivity (Wildman–Crippen MR) is 359 cm³/mol. The predicted octanol–water partition coefficient (Wildman–Crippen LogP) is 11.2. The van der Waals surface area contributed by atoms with Gasteiger partial charge >= 0.3 is 0 Å². The van der Waals surface area contributed by atoms with Gasteiger partial charge < -0.3 is 64.6 Å². The summed E-state index contributed by atoms with van der Waals surface area (Å²) in [7, 11) is 0. The molecule has 0 aromatic heterocycles. The second kappa shape index (κ2) is 65.0. The molecule has 2 amide bonds. The summed E-state index contributed by atoms with van der Waals surface area (Å²) >= 11 is 0. The zero-order valence-corrected chi connectivity index (χ0v) is 54.8. The smallest absolute Gasteiger partial charge is 0.237 e. The van der Waals surface area contributed by atoms with Gasteiger partial charge in [0, 0.05) is 39.3 Å². The number of hydrogen-bond donors (Lipinski definition) is 10. The third kappa shape index (κ3) is 55.9. The van der Waals surface area contributed by atoms with Gasteiger partial charge in [-0.15, -0.1) is 0 Å². The largest absolute Gasteiger partial charge is 0.354 e. The third-order valence-corrected chi connectivity index (χ3v) is 16.1. The number of nitrogens with two attached hydrogens (primary N) is 4. The zero-order chi connectivity index (χ0) is 59.9. The van der Waals surface area contributed by atoms with Gasteiger partial charge in [0.2, 0.25) is 11.8 Å². The van der Waals surface area contributed by atoms with E-state index in [1.54, 1.807) is 0 Å². The highest BCUT2D eigenvalue weighted by atomic mass is 16.2. The van der Waals surface area contributed by atoms with Crippen molar-refractivity contribution in [2.45, 2.75) is 271 Å². The summed E-state index contributed by atoms with van der Waals surface area (Å²) in [6.07, 6.45) is 53.5. The number of carbonyl (C=O) groups is 2. The van der Waals surface area contributed by atoms with Gasteiger partial charge in [0.05, 0.1) is 12.1 Å². The maximum Gasteiger partial charge on any atom is 0.237 e. The third-order valence-electron chi connectivity index (χ3n) is 16.1. The molecule has 0 heterocycles. The van der Waals surface area contributed by atoms with Gasteiger partial charge in [0.25, 0.3) is 0 Å². The van der Waals surface area contributed by atoms with Crippen LogP contribution in [-0.4, -0.2) is 152 Å². The van der Waals surface area contributed by atoms with Crippen molar-refractivity contribution in [3.8, 4) is 0 Å². The fourth-order valence-electron chi connectivity index (χ4n) is 10.8. The Bertz CT molecular complexity index is 1280. The number of nitrogens with one attached hydrogen (secondary N) is 6. The first kappa shape index (κ1) is 80.0. The molecule has 4 atom stereocenters. The fourth-order valence-corrected chi connectivity index (χ4v) is 10.8. The minimum Gasteiger partial charge on any atom is -0.354 e. The summed E-state index contributed by atoms with van der Waals surface area (Å²) < 4.78 is 0. The number of hydrogen-bond acceptors (Lipinski definition) is 12. The van der Waals surface area contributed by atoms with Gasteiger partial charge in [0.15, 0.2) is 0 Å². The Balaban J connectivity index is 5.83. The fraction of sp³-hybridized carbons (Fsp3) is 0.912. The van der Waals surface area contributed by atoms with Crippen LogP contribution in [-0.2, 0) is 9.59 Å². The van der Waals surface area contributed by atoms with Gasteiger partial charge in [-0.2, -0.15) is 0 Å². The van der Waals surface area contributed by atoms with Crippen LogP contribution in [0.25, 0.3) is 0 Å². The molecule has 0 bridgehead atoms. The first-order valence-corrected chi connectivity index (χ1v) is 35.2. The molecule has 0 fully saturated rings. The summed E-state index contributed by atoms with van der Waals surface area (Å²) in [5.41, 5.74) is 23.1. The molecule has 0 spiro atoms. The maximum absolute atomic E-state index is 13.7. The first-order valence-electron chi connectivity index (χ1n) is 35.2. The molecular formula is C68H142N12O2. The van der Waals surface area contributed by atoms with E-state index in [2.05, 4.69) is 93.7 Å². The SMILES string of the molecule is CCCCCCCC/C=C/CCCCCCCCN(CCN(CCCCCCCC/C=C/CCCCCCCC)CC(C)CNC(=O)C(CCCNCCCN)NCCCN)CC(C)CNC(=O)C(CCCNCCCN)NCCCN. The van der Waals surface area contributed by atoms with E-state index < -0.39 is 0 Å². The lowest BCUT2D eigenvalue weighted by Gasteiger charge is -2.31. The lowest BCUT2D eigenvalue weighted by Crippen LogP contribution is -2.48. The molecule has 0 aromatic rings. The number of unbranched alkanes of at least 4 members (excludes halogenated alkanes) is 24. The molecule has 486 valence electrons. The second-order valence-corrected chi connectivity index (χ2v) is 24.5. The molecule has 0 aliphatic carbocycles. The van der Waals surface area contributed by atoms with Crippen molar-refractivity contribution in [1.29, 1.82) is 0 Å². The standard InChI is InChI=1S/C68H142N12O2/c1-5-7-9-11-13-15-17-19-21-23-25-27-29-31-33-35-55-79(61-63(3)59-77-67(81)65(75-53-41-47-71)43-37-49-73-51-39-45-69)57-58-80(56-36-34-32-30-28-26-24-22-20-18-16-14-12-10-8-6-2)62-64(4)60-78-68(82)66(76-54-42-48-72)44-38-50-74-52-40-46-70/h19-22,63-66,73-76H,5-18,23-62,69-72H2,1-4H3,(H,77,81)(H,78,82)/b21-19+,22-20+. The summed E-state index contributed by atoms with van der Waals surface area (Å²) in [5, 5.41) is 20.7. The lowest BCUT2D eigenvalue weighted by molar-refractivity contribution is -0.124. The molecule has 0 aromatic carbocycles. The average Bonchev–Trinajstić information content (AvgIpc) is 3.47. The molecule has 4 unspecified atom stereocenters. The van der Waals surface area contributed by atoms with Gasteiger partial charge in [-0.05, 0) is 206 Å². The monoisotopic (exact) mass is 1160 g/mol. The van der Waals surface area contributed by atoms with Crippen LogP contribution in [0.5, 0.6) is 0 Å². The van der Waals surface area contributed by atoms with Crippen molar-refractivity contribution in [3.05, 3.63) is 24.3 Å². The van der Waals surface area contributed by atoms with Crippen LogP contribution >= 0.6 is 0 Å². The van der Waals surface area contributed by atoms with Gasteiger partial charge in [-0.1, -0.05) is 168 Å². The lowest BCUT2D eigenvalue weighted by atomic mass is 10.1. The van der Waals surface area contributed by atoms with E-state index in [0.29, 0.717) is 51.1 Å². The van der Waals surface area contributed by atoms with E-state index in [9.17, 15) is 9.59 Å². The Kier molecular flexibility index (Phi) is 63.4. The molecule has 14 heteroatoms. The Morgan fingerprint density at radius 1 is 0.366 bits per heavy atom. The maximum atomic E-state index is 13.7. The van der Waals surface area contributed by atoms with Gasteiger partial charge in [-0.25, -0.2) is 0 Å². The van der Waals surface area contributed by atoms with Crippen molar-refractivity contribution in [3.63, 3.8) is 0 Å². The second-order valence-electron chi connectivity index (χ2n) is 24.5. The van der Waals surface area contributed by atoms with Crippen LogP contribution in [0.1, 0.15) is 259 Å². The topological polar surface area (TPSA) is 217 Å². The molecule has 14 nitrogen and oxygen atoms in total. The molecular weight excluding hydrogens is 1020 g/mol. The Hall–Kier alpha value is -1.98. The van der Waals surface area contributed by atoms with Crippen LogP contribution in [0, 0.1) is 11.8 Å². The van der Waals surface area contributed by atoms with Crippen molar-refractivity contribution >= 4 is 11.8 Å². The van der Waals surface area contributed by atoms with E-state index in [4.69, 9.17) is 22.9 Å². The summed E-state index contributed by atoms with van der Waals surface area (Å²) in [6, 6.07) is -0.442. The van der Waals surface area contributed by atoms with E-state index in [0.717, 1.165) is 130 Å². The normalized spacial score (nSPS) is 13.5. The van der Waals surface area contributed by atoms with Crippen LogP contribution in [0.3, 0.4) is 0 Å². The molecule has 0 aliphatic heterocycles. The summed E-state index contributed by atoms with van der Waals surface area (Å²) in [4.78, 5) is 32.8. The number of rotatable bonds is 67. The van der Waals surface area contributed by atoms with Crippen LogP contribution in [0.15, 0.2) is 24.3 Å². The molecule has 82 heavy (non-hydrogen) atoms. The van der Waals surface area contributed by atoms with Crippen LogP contribution in [0.4, 0.5) is 0 Å². The molecule has 0 rings (SSSR count). The van der Waals surface area contributed by atoms with Gasteiger partial charge in [0.1, 0.15) is 0 Å². The molecule has 0 saturated carbocycles. The highest BCUT2D eigenvalue weighted by Crippen LogP contribution is 2.15. The minimum absolute atomic E-state index is 0.0987. The zero-order valence-electron chi connectivity index (χ0n) is 54.8. The Morgan fingerprint density at radius 3 is 0.988 bits per heavy atom. The van der Waals surface area contributed by atoms with Crippen molar-refractivity contribution < 1.29 is 9.59 Å². The van der Waals surface area contributed by atoms with Crippen molar-refractivity contribution in [2.24, 2.45) is 34.8 Å². The molecule has 0 saturated heterocycles. The number of amides is 2. The minimum atomic E-state index is -0.221.